The molecule has 8 aromatic rings. The van der Waals surface area contributed by atoms with E-state index in [2.05, 4.69) is 193 Å². The third-order valence-electron chi connectivity index (χ3n) is 17.2. The number of nitrogens with zero attached hydrogens (tertiary/aromatic N) is 1. The SMILES string of the molecule is c1ccc(-c2ccccc2-c2ccccc2-c2ccccc2N(c2ccc3c(c2)C2(CC4CCC2C4)c2ccccc2-3)c2ccc3c(c2)C2(CC4CCC2C4)c2ccccc2-3)cc1. The largest absolute Gasteiger partial charge is 0.310 e. The fourth-order valence-corrected chi connectivity index (χ4v) is 14.9. The van der Waals surface area contributed by atoms with Crippen LogP contribution in [0.4, 0.5) is 17.1 Å². The molecule has 4 saturated carbocycles. The van der Waals surface area contributed by atoms with E-state index in [1.165, 1.54) is 124 Å². The smallest absolute Gasteiger partial charge is 0.0540 e. The topological polar surface area (TPSA) is 3.24 Å². The lowest BCUT2D eigenvalue weighted by molar-refractivity contribution is 0.327. The Labute approximate surface area is 372 Å². The highest BCUT2D eigenvalue weighted by molar-refractivity contribution is 5.98. The number of anilines is 3. The third kappa shape index (κ3) is 5.00. The number of hydrogen-bond donors (Lipinski definition) is 0. The van der Waals surface area contributed by atoms with Gasteiger partial charge in [-0.1, -0.05) is 171 Å². The van der Waals surface area contributed by atoms with Crippen LogP contribution in [0.25, 0.3) is 55.6 Å². The predicted octanol–water partition coefficient (Wildman–Crippen LogP) is 16.3. The predicted molar refractivity (Wildman–Crippen MR) is 261 cm³/mol. The molecule has 0 amide bonds. The summed E-state index contributed by atoms with van der Waals surface area (Å²) in [6, 6.07) is 72.2. The van der Waals surface area contributed by atoms with Crippen LogP contribution in [0.3, 0.4) is 0 Å². The van der Waals surface area contributed by atoms with Gasteiger partial charge in [0.1, 0.15) is 0 Å². The molecule has 304 valence electrons. The maximum atomic E-state index is 2.66. The molecule has 8 aromatic carbocycles. The lowest BCUT2D eigenvalue weighted by Crippen LogP contribution is -2.32. The fourth-order valence-electron chi connectivity index (χ4n) is 14.9. The van der Waals surface area contributed by atoms with Crippen LogP contribution in [0, 0.1) is 23.7 Å². The van der Waals surface area contributed by atoms with Gasteiger partial charge in [0.05, 0.1) is 5.69 Å². The lowest BCUT2D eigenvalue weighted by atomic mass is 9.66. The summed E-state index contributed by atoms with van der Waals surface area (Å²) in [5, 5.41) is 0. The number of fused-ring (bicyclic) bond motifs is 16. The molecular weight excluding hydrogens is 759 g/mol. The highest BCUT2D eigenvalue weighted by atomic mass is 15.1. The van der Waals surface area contributed by atoms with Crippen LogP contribution >= 0.6 is 0 Å². The van der Waals surface area contributed by atoms with Gasteiger partial charge in [-0.05, 0) is 165 Å². The summed E-state index contributed by atoms with van der Waals surface area (Å²) < 4.78 is 0. The maximum Gasteiger partial charge on any atom is 0.0540 e. The van der Waals surface area contributed by atoms with Gasteiger partial charge >= 0.3 is 0 Å². The molecule has 6 aliphatic carbocycles. The molecule has 2 spiro atoms. The van der Waals surface area contributed by atoms with Crippen LogP contribution in [-0.2, 0) is 10.8 Å². The van der Waals surface area contributed by atoms with Gasteiger partial charge in [-0.15, -0.1) is 0 Å². The van der Waals surface area contributed by atoms with Gasteiger partial charge in [-0.3, -0.25) is 0 Å². The minimum Gasteiger partial charge on any atom is -0.310 e. The lowest BCUT2D eigenvalue weighted by Gasteiger charge is -2.38. The summed E-state index contributed by atoms with van der Waals surface area (Å²) in [5.41, 5.74) is 23.5. The van der Waals surface area contributed by atoms with Crippen molar-refractivity contribution in [3.05, 3.63) is 210 Å². The Kier molecular flexibility index (Phi) is 7.75. The maximum absolute atomic E-state index is 2.66. The fraction of sp³-hybridized carbons (Fsp3) is 0.226. The average molecular weight is 810 g/mol. The van der Waals surface area contributed by atoms with Crippen molar-refractivity contribution in [3.8, 4) is 55.6 Å². The van der Waals surface area contributed by atoms with E-state index in [0.29, 0.717) is 11.8 Å². The van der Waals surface area contributed by atoms with Gasteiger partial charge < -0.3 is 4.90 Å². The van der Waals surface area contributed by atoms with Gasteiger partial charge in [-0.2, -0.15) is 0 Å². The summed E-state index contributed by atoms with van der Waals surface area (Å²) >= 11 is 0. The zero-order valence-corrected chi connectivity index (χ0v) is 35.8. The first kappa shape index (κ1) is 36.1. The normalized spacial score (nSPS) is 25.1. The molecule has 6 aliphatic rings. The van der Waals surface area contributed by atoms with Crippen molar-refractivity contribution in [1.82, 2.24) is 0 Å². The molecule has 0 radical (unpaired) electrons. The number of para-hydroxylation sites is 1. The Morgan fingerprint density at radius 1 is 0.333 bits per heavy atom. The second-order valence-corrected chi connectivity index (χ2v) is 20.0. The van der Waals surface area contributed by atoms with Gasteiger partial charge in [0.25, 0.3) is 0 Å². The second-order valence-electron chi connectivity index (χ2n) is 20.0. The van der Waals surface area contributed by atoms with E-state index in [4.69, 9.17) is 0 Å². The molecule has 4 fully saturated rings. The molecule has 0 aromatic heterocycles. The van der Waals surface area contributed by atoms with Crippen molar-refractivity contribution < 1.29 is 0 Å². The average Bonchev–Trinajstić information content (AvgIpc) is 4.23. The molecule has 6 unspecified atom stereocenters. The van der Waals surface area contributed by atoms with Crippen molar-refractivity contribution in [1.29, 1.82) is 0 Å². The molecule has 63 heavy (non-hydrogen) atoms. The molecule has 4 bridgehead atoms. The molecule has 0 heterocycles. The summed E-state index contributed by atoms with van der Waals surface area (Å²) in [5.74, 6) is 3.05. The Hall–Kier alpha value is -6.44. The first-order chi connectivity index (χ1) is 31.2. The Morgan fingerprint density at radius 2 is 0.746 bits per heavy atom. The quantitative estimate of drug-likeness (QED) is 0.162. The van der Waals surface area contributed by atoms with Gasteiger partial charge in [0.2, 0.25) is 0 Å². The van der Waals surface area contributed by atoms with Crippen molar-refractivity contribution in [2.45, 2.75) is 62.2 Å². The molecule has 1 nitrogen and oxygen atoms in total. The van der Waals surface area contributed by atoms with E-state index in [1.807, 2.05) is 0 Å². The molecular formula is C62H51N. The monoisotopic (exact) mass is 809 g/mol. The van der Waals surface area contributed by atoms with E-state index < -0.39 is 0 Å². The zero-order valence-electron chi connectivity index (χ0n) is 35.8. The Morgan fingerprint density at radius 3 is 1.25 bits per heavy atom. The zero-order chi connectivity index (χ0) is 41.3. The van der Waals surface area contributed by atoms with Crippen molar-refractivity contribution >= 4 is 17.1 Å². The molecule has 0 aliphatic heterocycles. The highest BCUT2D eigenvalue weighted by Gasteiger charge is 2.58. The summed E-state index contributed by atoms with van der Waals surface area (Å²) in [7, 11) is 0. The van der Waals surface area contributed by atoms with E-state index in [-0.39, 0.29) is 10.8 Å². The standard InChI is InChI=1S/C62H51N/c1-2-14-42(15-3-1)47-16-4-5-17-48(47)49-18-6-7-19-50(49)55-22-10-13-25-60(55)63(45-30-32-53-51-20-8-11-23-56(51)61(58(53)36-45)38-40-26-28-43(61)34-40)46-31-33-54-52-21-9-12-24-57(52)62(59(54)37-46)39-41-27-29-44(62)35-41/h1-25,30-33,36-37,40-41,43-44H,26-29,34-35,38-39H2. The summed E-state index contributed by atoms with van der Waals surface area (Å²) in [6.45, 7) is 0. The minimum absolute atomic E-state index is 0.0938. The molecule has 6 atom stereocenters. The van der Waals surface area contributed by atoms with Crippen LogP contribution in [0.15, 0.2) is 188 Å². The number of benzene rings is 8. The molecule has 0 saturated heterocycles. The molecule has 0 N–H and O–H groups in total. The van der Waals surface area contributed by atoms with Crippen LogP contribution in [0.2, 0.25) is 0 Å². The number of rotatable bonds is 6. The van der Waals surface area contributed by atoms with Crippen molar-refractivity contribution in [2.75, 3.05) is 4.90 Å². The molecule has 14 rings (SSSR count). The summed E-state index contributed by atoms with van der Waals surface area (Å²) in [6.07, 6.45) is 10.7. The van der Waals surface area contributed by atoms with E-state index >= 15 is 0 Å². The van der Waals surface area contributed by atoms with E-state index in [9.17, 15) is 0 Å². The van der Waals surface area contributed by atoms with E-state index in [0.717, 1.165) is 11.8 Å². The third-order valence-corrected chi connectivity index (χ3v) is 17.2. The van der Waals surface area contributed by atoms with Gasteiger partial charge in [0, 0.05) is 27.8 Å². The Balaban J connectivity index is 1.00. The number of hydrogen-bond acceptors (Lipinski definition) is 1. The van der Waals surface area contributed by atoms with Gasteiger partial charge in [0.15, 0.2) is 0 Å². The summed E-state index contributed by atoms with van der Waals surface area (Å²) in [4.78, 5) is 2.66. The van der Waals surface area contributed by atoms with Crippen LogP contribution in [-0.4, -0.2) is 0 Å². The Bertz CT molecular complexity index is 3010. The van der Waals surface area contributed by atoms with Crippen LogP contribution in [0.1, 0.15) is 73.6 Å². The first-order valence-electron chi connectivity index (χ1n) is 23.8. The van der Waals surface area contributed by atoms with Crippen LogP contribution in [0.5, 0.6) is 0 Å². The van der Waals surface area contributed by atoms with Crippen LogP contribution < -0.4 is 4.90 Å². The molecule has 1 heteroatoms. The van der Waals surface area contributed by atoms with Crippen molar-refractivity contribution in [2.24, 2.45) is 23.7 Å². The van der Waals surface area contributed by atoms with E-state index in [1.54, 1.807) is 22.3 Å². The van der Waals surface area contributed by atoms with Gasteiger partial charge in [-0.25, -0.2) is 0 Å². The second kappa shape index (κ2) is 13.5. The minimum atomic E-state index is 0.0938. The highest BCUT2D eigenvalue weighted by Crippen LogP contribution is 2.68. The first-order valence-corrected chi connectivity index (χ1v) is 23.8. The van der Waals surface area contributed by atoms with Crippen molar-refractivity contribution in [3.63, 3.8) is 0 Å².